The Morgan fingerprint density at radius 3 is 2.65 bits per heavy atom. The van der Waals surface area contributed by atoms with Crippen molar-refractivity contribution in [3.63, 3.8) is 0 Å². The summed E-state index contributed by atoms with van der Waals surface area (Å²) >= 11 is 1.41. The van der Waals surface area contributed by atoms with Gasteiger partial charge in [-0.2, -0.15) is 0 Å². The SMILES string of the molecule is O=C(O)C1CCN(C(=O)CC2Sc3ccccc3NC2=O)CC1. The van der Waals surface area contributed by atoms with E-state index in [0.29, 0.717) is 25.9 Å². The first kappa shape index (κ1) is 15.9. The molecule has 1 fully saturated rings. The van der Waals surface area contributed by atoms with Crippen molar-refractivity contribution >= 4 is 35.2 Å². The number of nitrogens with one attached hydrogen (secondary N) is 1. The van der Waals surface area contributed by atoms with Crippen LogP contribution >= 0.6 is 11.8 Å². The van der Waals surface area contributed by atoms with Crippen LogP contribution in [-0.4, -0.2) is 46.1 Å². The molecule has 2 N–H and O–H groups in total. The normalized spacial score (nSPS) is 21.5. The van der Waals surface area contributed by atoms with Gasteiger partial charge in [0.1, 0.15) is 0 Å². The Hall–Kier alpha value is -2.02. The predicted molar refractivity (Wildman–Crippen MR) is 86.3 cm³/mol. The Balaban J connectivity index is 1.58. The Bertz CT molecular complexity index is 641. The summed E-state index contributed by atoms with van der Waals surface area (Å²) in [4.78, 5) is 38.1. The highest BCUT2D eigenvalue weighted by Crippen LogP contribution is 2.37. The van der Waals surface area contributed by atoms with Gasteiger partial charge in [-0.05, 0) is 25.0 Å². The monoisotopic (exact) mass is 334 g/mol. The number of hydrogen-bond donors (Lipinski definition) is 2. The zero-order valence-electron chi connectivity index (χ0n) is 12.5. The van der Waals surface area contributed by atoms with Crippen LogP contribution in [0, 0.1) is 5.92 Å². The van der Waals surface area contributed by atoms with Crippen LogP contribution in [0.1, 0.15) is 19.3 Å². The lowest BCUT2D eigenvalue weighted by Crippen LogP contribution is -2.42. The van der Waals surface area contributed by atoms with E-state index in [1.807, 2.05) is 24.3 Å². The number of anilines is 1. The average Bonchev–Trinajstić information content (AvgIpc) is 2.55. The molecular weight excluding hydrogens is 316 g/mol. The first-order chi connectivity index (χ1) is 11.0. The molecule has 0 saturated carbocycles. The number of thioether (sulfide) groups is 1. The fourth-order valence-corrected chi connectivity index (χ4v) is 3.99. The summed E-state index contributed by atoms with van der Waals surface area (Å²) in [6.07, 6.45) is 1.10. The van der Waals surface area contributed by atoms with Crippen LogP contribution in [0.4, 0.5) is 5.69 Å². The second-order valence-electron chi connectivity index (χ2n) is 5.79. The molecule has 6 nitrogen and oxygen atoms in total. The molecule has 2 aliphatic rings. The van der Waals surface area contributed by atoms with Gasteiger partial charge >= 0.3 is 5.97 Å². The number of fused-ring (bicyclic) bond motifs is 1. The predicted octanol–water partition coefficient (Wildman–Crippen LogP) is 1.81. The van der Waals surface area contributed by atoms with Gasteiger partial charge in [-0.25, -0.2) is 0 Å². The summed E-state index contributed by atoms with van der Waals surface area (Å²) in [6, 6.07) is 7.53. The lowest BCUT2D eigenvalue weighted by Gasteiger charge is -2.31. The molecule has 0 aliphatic carbocycles. The topological polar surface area (TPSA) is 86.7 Å². The molecular formula is C16H18N2O4S. The number of benzene rings is 1. The van der Waals surface area contributed by atoms with Crippen molar-refractivity contribution < 1.29 is 19.5 Å². The highest BCUT2D eigenvalue weighted by molar-refractivity contribution is 8.01. The Kier molecular flexibility index (Phi) is 4.56. The van der Waals surface area contributed by atoms with Crippen molar-refractivity contribution in [3.8, 4) is 0 Å². The number of carboxylic acids is 1. The molecule has 2 amide bonds. The number of amides is 2. The molecule has 0 spiro atoms. The summed E-state index contributed by atoms with van der Waals surface area (Å²) in [5.74, 6) is -1.39. The van der Waals surface area contributed by atoms with Gasteiger partial charge in [0.2, 0.25) is 11.8 Å². The number of piperidine rings is 1. The van der Waals surface area contributed by atoms with Crippen molar-refractivity contribution in [2.45, 2.75) is 29.4 Å². The largest absolute Gasteiger partial charge is 0.481 e. The van der Waals surface area contributed by atoms with Crippen LogP contribution in [0.5, 0.6) is 0 Å². The van der Waals surface area contributed by atoms with Gasteiger partial charge in [0.05, 0.1) is 16.9 Å². The first-order valence-corrected chi connectivity index (χ1v) is 8.49. The van der Waals surface area contributed by atoms with Gasteiger partial charge in [-0.3, -0.25) is 14.4 Å². The van der Waals surface area contributed by atoms with Gasteiger partial charge in [-0.15, -0.1) is 11.8 Å². The zero-order valence-corrected chi connectivity index (χ0v) is 13.3. The second kappa shape index (κ2) is 6.62. The van der Waals surface area contributed by atoms with E-state index in [0.717, 1.165) is 10.6 Å². The highest BCUT2D eigenvalue weighted by Gasteiger charge is 2.32. The minimum Gasteiger partial charge on any atom is -0.481 e. The molecule has 0 aromatic heterocycles. The van der Waals surface area contributed by atoms with Crippen LogP contribution in [0.25, 0.3) is 0 Å². The molecule has 2 heterocycles. The Labute approximate surface area is 138 Å². The number of para-hydroxylation sites is 1. The van der Waals surface area contributed by atoms with Gasteiger partial charge < -0.3 is 15.3 Å². The van der Waals surface area contributed by atoms with Crippen LogP contribution in [0.15, 0.2) is 29.2 Å². The van der Waals surface area contributed by atoms with E-state index in [-0.39, 0.29) is 24.2 Å². The van der Waals surface area contributed by atoms with Crippen molar-refractivity contribution in [1.29, 1.82) is 0 Å². The van der Waals surface area contributed by atoms with Crippen molar-refractivity contribution in [1.82, 2.24) is 4.90 Å². The maximum Gasteiger partial charge on any atom is 0.306 e. The standard InChI is InChI=1S/C16H18N2O4S/c19-14(18-7-5-10(6-8-18)16(21)22)9-13-15(20)17-11-3-1-2-4-12(11)23-13/h1-4,10,13H,5-9H2,(H,17,20)(H,21,22). The van der Waals surface area contributed by atoms with Crippen molar-refractivity contribution in [2.75, 3.05) is 18.4 Å². The third kappa shape index (κ3) is 3.50. The number of rotatable bonds is 3. The molecule has 0 bridgehead atoms. The summed E-state index contributed by atoms with van der Waals surface area (Å²) in [7, 11) is 0. The van der Waals surface area contributed by atoms with E-state index >= 15 is 0 Å². The lowest BCUT2D eigenvalue weighted by atomic mass is 9.97. The van der Waals surface area contributed by atoms with Gasteiger partial charge in [0.15, 0.2) is 0 Å². The van der Waals surface area contributed by atoms with Gasteiger partial charge in [0, 0.05) is 24.4 Å². The van der Waals surface area contributed by atoms with Crippen molar-refractivity contribution in [3.05, 3.63) is 24.3 Å². The van der Waals surface area contributed by atoms with E-state index in [1.165, 1.54) is 11.8 Å². The van der Waals surface area contributed by atoms with Crippen LogP contribution in [-0.2, 0) is 14.4 Å². The fourth-order valence-electron chi connectivity index (χ4n) is 2.89. The summed E-state index contributed by atoms with van der Waals surface area (Å²) in [5.41, 5.74) is 0.786. The molecule has 1 saturated heterocycles. The summed E-state index contributed by atoms with van der Waals surface area (Å²) in [6.45, 7) is 0.900. The second-order valence-corrected chi connectivity index (χ2v) is 7.03. The average molecular weight is 334 g/mol. The van der Waals surface area contributed by atoms with Crippen LogP contribution < -0.4 is 5.32 Å². The molecule has 2 aliphatic heterocycles. The number of aliphatic carboxylic acids is 1. The number of hydrogen-bond acceptors (Lipinski definition) is 4. The van der Waals surface area contributed by atoms with Crippen LogP contribution in [0.3, 0.4) is 0 Å². The zero-order chi connectivity index (χ0) is 16.4. The van der Waals surface area contributed by atoms with E-state index in [2.05, 4.69) is 5.32 Å². The summed E-state index contributed by atoms with van der Waals surface area (Å²) in [5, 5.41) is 11.4. The minimum atomic E-state index is -0.795. The maximum atomic E-state index is 12.4. The molecule has 7 heteroatoms. The fraction of sp³-hybridized carbons (Fsp3) is 0.438. The van der Waals surface area contributed by atoms with Gasteiger partial charge in [0.25, 0.3) is 0 Å². The molecule has 1 aromatic rings. The minimum absolute atomic E-state index is 0.0825. The number of nitrogens with zero attached hydrogens (tertiary/aromatic N) is 1. The number of carbonyl (C=O) groups is 3. The third-order valence-corrected chi connectivity index (χ3v) is 5.54. The first-order valence-electron chi connectivity index (χ1n) is 7.61. The van der Waals surface area contributed by atoms with E-state index < -0.39 is 11.2 Å². The molecule has 23 heavy (non-hydrogen) atoms. The van der Waals surface area contributed by atoms with E-state index in [1.54, 1.807) is 4.90 Å². The van der Waals surface area contributed by atoms with Crippen molar-refractivity contribution in [2.24, 2.45) is 5.92 Å². The quantitative estimate of drug-likeness (QED) is 0.880. The molecule has 3 rings (SSSR count). The maximum absolute atomic E-state index is 12.4. The Morgan fingerprint density at radius 2 is 1.96 bits per heavy atom. The lowest BCUT2D eigenvalue weighted by molar-refractivity contribution is -0.145. The summed E-state index contributed by atoms with van der Waals surface area (Å²) < 4.78 is 0. The molecule has 1 atom stereocenters. The van der Waals surface area contributed by atoms with Crippen LogP contribution in [0.2, 0.25) is 0 Å². The molecule has 122 valence electrons. The number of likely N-dealkylation sites (tertiary alicyclic amines) is 1. The van der Waals surface area contributed by atoms with Gasteiger partial charge in [-0.1, -0.05) is 12.1 Å². The van der Waals surface area contributed by atoms with E-state index in [4.69, 9.17) is 5.11 Å². The molecule has 1 unspecified atom stereocenters. The molecule has 1 aromatic carbocycles. The number of carbonyl (C=O) groups excluding carboxylic acids is 2. The smallest absolute Gasteiger partial charge is 0.306 e. The number of carboxylic acid groups (broad SMARTS) is 1. The third-order valence-electron chi connectivity index (χ3n) is 4.26. The molecule has 0 radical (unpaired) electrons. The Morgan fingerprint density at radius 1 is 1.26 bits per heavy atom. The highest BCUT2D eigenvalue weighted by atomic mass is 32.2. The van der Waals surface area contributed by atoms with E-state index in [9.17, 15) is 14.4 Å².